The third-order valence-corrected chi connectivity index (χ3v) is 3.73. The van der Waals surface area contributed by atoms with Crippen LogP contribution in [-0.2, 0) is 33.5 Å². The summed E-state index contributed by atoms with van der Waals surface area (Å²) in [5.74, 6) is -2.28. The largest absolute Gasteiger partial charge is 0.458 e. The summed E-state index contributed by atoms with van der Waals surface area (Å²) >= 11 is 0. The lowest BCUT2D eigenvalue weighted by Crippen LogP contribution is -2.32. The number of nitrogens with zero attached hydrogens (tertiary/aromatic N) is 1. The summed E-state index contributed by atoms with van der Waals surface area (Å²) < 4.78 is 38.4. The van der Waals surface area contributed by atoms with Gasteiger partial charge in [0.25, 0.3) is 5.71 Å². The zero-order valence-electron chi connectivity index (χ0n) is 14.7. The molecule has 0 aromatic heterocycles. The molecule has 0 saturated heterocycles. The van der Waals surface area contributed by atoms with E-state index in [1.54, 1.807) is 46.8 Å². The molecule has 0 N–H and O–H groups in total. The van der Waals surface area contributed by atoms with E-state index in [4.69, 9.17) is 9.47 Å². The lowest BCUT2D eigenvalue weighted by molar-refractivity contribution is -0.144. The van der Waals surface area contributed by atoms with Crippen LogP contribution in [0.1, 0.15) is 33.3 Å². The third-order valence-electron chi connectivity index (χ3n) is 2.61. The predicted octanol–water partition coefficient (Wildman–Crippen LogP) is 1.96. The minimum absolute atomic E-state index is 0.171. The third kappa shape index (κ3) is 6.54. The van der Waals surface area contributed by atoms with Crippen LogP contribution in [0.5, 0.6) is 0 Å². The second-order valence-corrected chi connectivity index (χ2v) is 7.22. The number of benzene rings is 1. The monoisotopic (exact) mass is 371 g/mol. The molecule has 0 fully saturated rings. The van der Waals surface area contributed by atoms with Crippen LogP contribution >= 0.6 is 0 Å². The van der Waals surface area contributed by atoms with Crippen molar-refractivity contribution in [2.24, 2.45) is 5.16 Å². The van der Waals surface area contributed by atoms with Gasteiger partial charge in [0.2, 0.25) is 0 Å². The Balaban J connectivity index is 3.10. The van der Waals surface area contributed by atoms with Gasteiger partial charge < -0.3 is 9.47 Å². The normalized spacial score (nSPS) is 11.2. The Bertz CT molecular complexity index is 725. The molecule has 1 aromatic carbocycles. The molecule has 0 atom stereocenters. The van der Waals surface area contributed by atoms with Crippen molar-refractivity contribution in [3.63, 3.8) is 0 Å². The first-order chi connectivity index (χ1) is 11.5. The first-order valence-corrected chi connectivity index (χ1v) is 8.94. The number of carbonyl (C=O) groups is 2. The van der Waals surface area contributed by atoms with Crippen LogP contribution in [0.4, 0.5) is 0 Å². The SMILES string of the molecule is Cc1ccc(S(=O)(=O)ON=C(C(=O)OC(C)C)C(=O)OC(C)C)cc1. The van der Waals surface area contributed by atoms with Crippen molar-refractivity contribution in [2.75, 3.05) is 0 Å². The number of rotatable bonds is 7. The maximum Gasteiger partial charge on any atom is 0.368 e. The Kier molecular flexibility index (Phi) is 7.10. The predicted molar refractivity (Wildman–Crippen MR) is 89.3 cm³/mol. The van der Waals surface area contributed by atoms with E-state index in [9.17, 15) is 18.0 Å². The number of aryl methyl sites for hydroxylation is 1. The topological polar surface area (TPSA) is 108 Å². The van der Waals surface area contributed by atoms with E-state index in [0.29, 0.717) is 0 Å². The molecule has 0 heterocycles. The summed E-state index contributed by atoms with van der Waals surface area (Å²) in [7, 11) is -4.30. The smallest absolute Gasteiger partial charge is 0.368 e. The zero-order valence-corrected chi connectivity index (χ0v) is 15.5. The van der Waals surface area contributed by atoms with Crippen LogP contribution in [-0.4, -0.2) is 38.3 Å². The van der Waals surface area contributed by atoms with Crippen molar-refractivity contribution in [1.29, 1.82) is 0 Å². The highest BCUT2D eigenvalue weighted by atomic mass is 32.2. The summed E-state index contributed by atoms with van der Waals surface area (Å²) in [6, 6.07) is 5.78. The maximum absolute atomic E-state index is 12.1. The minimum atomic E-state index is -4.30. The van der Waals surface area contributed by atoms with E-state index in [-0.39, 0.29) is 4.90 Å². The molecule has 0 unspecified atom stereocenters. The van der Waals surface area contributed by atoms with Gasteiger partial charge in [-0.3, -0.25) is 4.28 Å². The molecule has 1 aromatic rings. The quantitative estimate of drug-likeness (QED) is 0.312. The van der Waals surface area contributed by atoms with E-state index in [2.05, 4.69) is 9.44 Å². The molecule has 138 valence electrons. The number of oxime groups is 1. The second-order valence-electron chi connectivity index (χ2n) is 5.69. The van der Waals surface area contributed by atoms with Crippen molar-refractivity contribution in [3.8, 4) is 0 Å². The molecule has 0 aliphatic heterocycles. The standard InChI is InChI=1S/C16H21NO7S/c1-10(2)22-15(18)14(16(19)23-11(3)4)17-24-25(20,21)13-8-6-12(5)7-9-13/h6-11H,1-5H3. The Hall–Kier alpha value is -2.42. The molecule has 0 amide bonds. The number of carbonyl (C=O) groups excluding carboxylic acids is 2. The van der Waals surface area contributed by atoms with Crippen molar-refractivity contribution in [1.82, 2.24) is 0 Å². The van der Waals surface area contributed by atoms with E-state index >= 15 is 0 Å². The van der Waals surface area contributed by atoms with Gasteiger partial charge in [-0.1, -0.05) is 17.7 Å². The fourth-order valence-electron chi connectivity index (χ4n) is 1.53. The van der Waals surface area contributed by atoms with Gasteiger partial charge in [0, 0.05) is 0 Å². The number of esters is 2. The lowest BCUT2D eigenvalue weighted by Gasteiger charge is -2.11. The molecule has 0 radical (unpaired) electrons. The summed E-state index contributed by atoms with van der Waals surface area (Å²) in [5.41, 5.74) is -0.0396. The van der Waals surface area contributed by atoms with Gasteiger partial charge in [-0.15, -0.1) is 0 Å². The van der Waals surface area contributed by atoms with Gasteiger partial charge in [0.05, 0.1) is 12.2 Å². The van der Waals surface area contributed by atoms with E-state index in [1.807, 2.05) is 0 Å². The van der Waals surface area contributed by atoms with Gasteiger partial charge >= 0.3 is 22.1 Å². The summed E-state index contributed by atoms with van der Waals surface area (Å²) in [6.07, 6.45) is -1.09. The Morgan fingerprint density at radius 1 is 0.920 bits per heavy atom. The van der Waals surface area contributed by atoms with Crippen LogP contribution in [0.15, 0.2) is 34.3 Å². The molecule has 1 rings (SSSR count). The van der Waals surface area contributed by atoms with Gasteiger partial charge in [0.1, 0.15) is 4.90 Å². The fraction of sp³-hybridized carbons (Fsp3) is 0.438. The summed E-state index contributed by atoms with van der Waals surface area (Å²) in [6.45, 7) is 8.04. The highest BCUT2D eigenvalue weighted by Gasteiger charge is 2.28. The average Bonchev–Trinajstić information content (AvgIpc) is 2.46. The van der Waals surface area contributed by atoms with Crippen LogP contribution in [0.25, 0.3) is 0 Å². The minimum Gasteiger partial charge on any atom is -0.458 e. The molecular weight excluding hydrogens is 350 g/mol. The maximum atomic E-state index is 12.1. The van der Waals surface area contributed by atoms with E-state index in [0.717, 1.165) is 5.56 Å². The number of hydrogen-bond donors (Lipinski definition) is 0. The van der Waals surface area contributed by atoms with Crippen molar-refractivity contribution in [3.05, 3.63) is 29.8 Å². The fourth-order valence-corrected chi connectivity index (χ4v) is 2.26. The van der Waals surface area contributed by atoms with Gasteiger partial charge in [-0.2, -0.15) is 8.42 Å². The van der Waals surface area contributed by atoms with Gasteiger partial charge in [0.15, 0.2) is 0 Å². The molecule has 0 bridgehead atoms. The molecular formula is C16H21NO7S. The van der Waals surface area contributed by atoms with Gasteiger partial charge in [-0.25, -0.2) is 9.59 Å². The van der Waals surface area contributed by atoms with Crippen LogP contribution in [0.2, 0.25) is 0 Å². The van der Waals surface area contributed by atoms with Crippen LogP contribution in [0, 0.1) is 6.92 Å². The molecule has 0 aliphatic rings. The van der Waals surface area contributed by atoms with Crippen molar-refractivity contribution >= 4 is 27.8 Å². The first-order valence-electron chi connectivity index (χ1n) is 7.53. The molecule has 0 aliphatic carbocycles. The van der Waals surface area contributed by atoms with E-state index < -0.39 is 40.0 Å². The number of hydrogen-bond acceptors (Lipinski definition) is 8. The Morgan fingerprint density at radius 3 is 1.76 bits per heavy atom. The van der Waals surface area contributed by atoms with Gasteiger partial charge in [-0.05, 0) is 51.9 Å². The molecule has 25 heavy (non-hydrogen) atoms. The van der Waals surface area contributed by atoms with Crippen LogP contribution in [0.3, 0.4) is 0 Å². The Labute approximate surface area is 146 Å². The van der Waals surface area contributed by atoms with Crippen LogP contribution < -0.4 is 0 Å². The molecule has 8 nitrogen and oxygen atoms in total. The highest BCUT2D eigenvalue weighted by Crippen LogP contribution is 2.14. The van der Waals surface area contributed by atoms with Crippen molar-refractivity contribution in [2.45, 2.75) is 51.7 Å². The number of ether oxygens (including phenoxy) is 2. The molecule has 0 saturated carbocycles. The average molecular weight is 371 g/mol. The van der Waals surface area contributed by atoms with E-state index in [1.165, 1.54) is 12.1 Å². The highest BCUT2D eigenvalue weighted by molar-refractivity contribution is 7.86. The summed E-state index contributed by atoms with van der Waals surface area (Å²) in [4.78, 5) is 23.7. The Morgan fingerprint density at radius 2 is 1.36 bits per heavy atom. The zero-order chi connectivity index (χ0) is 19.2. The summed E-state index contributed by atoms with van der Waals surface area (Å²) in [5, 5.41) is 3.18. The first kappa shape index (κ1) is 20.6. The second kappa shape index (κ2) is 8.61. The van der Waals surface area contributed by atoms with Crippen molar-refractivity contribution < 1.29 is 31.8 Å². The lowest BCUT2D eigenvalue weighted by atomic mass is 10.2. The molecule has 0 spiro atoms. The molecule has 9 heteroatoms.